The molecule has 3 atom stereocenters. The molecular formula is C19H26O4. The number of ether oxygens (including phenoxy) is 1. The highest BCUT2D eigenvalue weighted by Crippen LogP contribution is 2.36. The molecule has 0 heterocycles. The van der Waals surface area contributed by atoms with Crippen LogP contribution in [0.3, 0.4) is 0 Å². The number of rotatable bonds is 8. The minimum absolute atomic E-state index is 0.181. The second-order valence-corrected chi connectivity index (χ2v) is 6.28. The van der Waals surface area contributed by atoms with Crippen molar-refractivity contribution in [1.82, 2.24) is 0 Å². The van der Waals surface area contributed by atoms with Gasteiger partial charge in [-0.25, -0.2) is 0 Å². The van der Waals surface area contributed by atoms with Crippen molar-refractivity contribution in [3.63, 3.8) is 0 Å². The molecule has 2 unspecified atom stereocenters. The molecule has 1 aromatic rings. The Morgan fingerprint density at radius 3 is 2.65 bits per heavy atom. The highest BCUT2D eigenvalue weighted by Gasteiger charge is 2.32. The van der Waals surface area contributed by atoms with E-state index in [0.717, 1.165) is 37.7 Å². The van der Waals surface area contributed by atoms with Gasteiger partial charge in [-0.05, 0) is 44.1 Å². The predicted octanol–water partition coefficient (Wildman–Crippen LogP) is 4.00. The van der Waals surface area contributed by atoms with Gasteiger partial charge >= 0.3 is 11.9 Å². The summed E-state index contributed by atoms with van der Waals surface area (Å²) in [6.45, 7) is 2.20. The summed E-state index contributed by atoms with van der Waals surface area (Å²) in [5, 5.41) is 9.25. The first-order chi connectivity index (χ1) is 11.1. The third kappa shape index (κ3) is 4.81. The smallest absolute Gasteiger partial charge is 0.313 e. The average Bonchev–Trinajstić information content (AvgIpc) is 3.01. The van der Waals surface area contributed by atoms with Gasteiger partial charge in [0.25, 0.3) is 0 Å². The molecule has 4 nitrogen and oxygen atoms in total. The molecule has 0 aromatic heterocycles. The van der Waals surface area contributed by atoms with Gasteiger partial charge in [-0.1, -0.05) is 43.2 Å². The van der Waals surface area contributed by atoms with Crippen molar-refractivity contribution in [2.45, 2.75) is 51.4 Å². The van der Waals surface area contributed by atoms with Crippen LogP contribution >= 0.6 is 0 Å². The zero-order chi connectivity index (χ0) is 16.7. The molecule has 1 fully saturated rings. The lowest BCUT2D eigenvalue weighted by Crippen LogP contribution is -2.19. The summed E-state index contributed by atoms with van der Waals surface area (Å²) in [6.07, 6.45) is 5.23. The summed E-state index contributed by atoms with van der Waals surface area (Å²) in [5.41, 5.74) is 0.979. The Morgan fingerprint density at radius 2 is 2.00 bits per heavy atom. The van der Waals surface area contributed by atoms with Crippen LogP contribution < -0.4 is 0 Å². The van der Waals surface area contributed by atoms with E-state index in [4.69, 9.17) is 4.74 Å². The maximum atomic E-state index is 12.2. The molecule has 1 aliphatic carbocycles. The first-order valence-corrected chi connectivity index (χ1v) is 8.57. The molecule has 2 rings (SSSR count). The van der Waals surface area contributed by atoms with Crippen LogP contribution in [0.2, 0.25) is 0 Å². The minimum Gasteiger partial charge on any atom is -0.481 e. The van der Waals surface area contributed by atoms with Crippen molar-refractivity contribution < 1.29 is 19.4 Å². The minimum atomic E-state index is -0.669. The Labute approximate surface area is 137 Å². The number of hydrogen-bond donors (Lipinski definition) is 1. The number of carbonyl (C=O) groups is 2. The molecule has 0 aliphatic heterocycles. The Hall–Kier alpha value is -1.84. The van der Waals surface area contributed by atoms with Crippen LogP contribution in [0, 0.1) is 11.8 Å². The van der Waals surface area contributed by atoms with Gasteiger partial charge in [0.15, 0.2) is 0 Å². The second kappa shape index (κ2) is 8.70. The molecular weight excluding hydrogens is 292 g/mol. The molecule has 1 aliphatic rings. The predicted molar refractivity (Wildman–Crippen MR) is 88.1 cm³/mol. The van der Waals surface area contributed by atoms with Gasteiger partial charge < -0.3 is 9.84 Å². The van der Waals surface area contributed by atoms with Gasteiger partial charge in [0.1, 0.15) is 0 Å². The number of aliphatic carboxylic acids is 1. The molecule has 1 saturated carbocycles. The van der Waals surface area contributed by atoms with E-state index in [1.165, 1.54) is 0 Å². The molecule has 126 valence electrons. The van der Waals surface area contributed by atoms with E-state index >= 15 is 0 Å². The fourth-order valence-electron chi connectivity index (χ4n) is 3.64. The fourth-order valence-corrected chi connectivity index (χ4v) is 3.64. The molecule has 1 N–H and O–H groups in total. The fraction of sp³-hybridized carbons (Fsp3) is 0.579. The molecule has 0 spiro atoms. The molecule has 0 bridgehead atoms. The summed E-state index contributed by atoms with van der Waals surface area (Å²) in [5.74, 6) is -1.04. The largest absolute Gasteiger partial charge is 0.481 e. The van der Waals surface area contributed by atoms with Crippen molar-refractivity contribution >= 4 is 11.9 Å². The third-order valence-electron chi connectivity index (χ3n) is 4.82. The zero-order valence-electron chi connectivity index (χ0n) is 13.7. The Kier molecular flexibility index (Phi) is 6.63. The second-order valence-electron chi connectivity index (χ2n) is 6.28. The summed E-state index contributed by atoms with van der Waals surface area (Å²) in [4.78, 5) is 23.5. The van der Waals surface area contributed by atoms with E-state index < -0.39 is 5.97 Å². The maximum absolute atomic E-state index is 12.2. The summed E-state index contributed by atoms with van der Waals surface area (Å²) in [6, 6.07) is 9.70. The van der Waals surface area contributed by atoms with E-state index in [1.54, 1.807) is 0 Å². The number of benzene rings is 1. The third-order valence-corrected chi connectivity index (χ3v) is 4.82. The Balaban J connectivity index is 1.93. The molecule has 1 aromatic carbocycles. The van der Waals surface area contributed by atoms with Crippen molar-refractivity contribution in [2.24, 2.45) is 11.8 Å². The quantitative estimate of drug-likeness (QED) is 0.736. The van der Waals surface area contributed by atoms with Crippen LogP contribution in [0.1, 0.15) is 56.9 Å². The van der Waals surface area contributed by atoms with E-state index in [0.29, 0.717) is 13.0 Å². The lowest BCUT2D eigenvalue weighted by molar-refractivity contribution is -0.145. The number of carbonyl (C=O) groups excluding carboxylic acids is 1. The van der Waals surface area contributed by atoms with E-state index in [2.05, 4.69) is 0 Å². The molecule has 4 heteroatoms. The summed E-state index contributed by atoms with van der Waals surface area (Å²) < 4.78 is 5.21. The number of esters is 1. The Bertz CT molecular complexity index is 511. The van der Waals surface area contributed by atoms with E-state index in [1.807, 2.05) is 37.3 Å². The van der Waals surface area contributed by atoms with E-state index in [9.17, 15) is 14.7 Å². The van der Waals surface area contributed by atoms with Crippen LogP contribution in [0.25, 0.3) is 0 Å². The lowest BCUT2D eigenvalue weighted by atomic mass is 9.87. The van der Waals surface area contributed by atoms with Crippen molar-refractivity contribution in [1.29, 1.82) is 0 Å². The highest BCUT2D eigenvalue weighted by molar-refractivity contribution is 5.78. The Morgan fingerprint density at radius 1 is 1.26 bits per heavy atom. The molecule has 23 heavy (non-hydrogen) atoms. The number of carboxylic acids is 1. The van der Waals surface area contributed by atoms with Gasteiger partial charge in [-0.3, -0.25) is 9.59 Å². The van der Waals surface area contributed by atoms with Crippen molar-refractivity contribution in [3.05, 3.63) is 35.9 Å². The number of carboxylic acid groups (broad SMARTS) is 1. The average molecular weight is 318 g/mol. The number of hydrogen-bond acceptors (Lipinski definition) is 3. The topological polar surface area (TPSA) is 63.6 Å². The highest BCUT2D eigenvalue weighted by atomic mass is 16.5. The molecule has 0 amide bonds. The monoisotopic (exact) mass is 318 g/mol. The summed E-state index contributed by atoms with van der Waals surface area (Å²) >= 11 is 0. The van der Waals surface area contributed by atoms with Crippen LogP contribution in [-0.4, -0.2) is 23.7 Å². The van der Waals surface area contributed by atoms with E-state index in [-0.39, 0.29) is 23.7 Å². The standard InChI is InChI=1S/C19H26O4/c1-2-23-19(22)17(15-8-4-3-5-9-15)13-7-11-14-10-6-12-16(14)18(20)21/h3-5,8-9,14,16-17H,2,6-7,10-13H2,1H3,(H,20,21)/t14-,16?,17?/m1/s1. The lowest BCUT2D eigenvalue weighted by Gasteiger charge is -2.19. The van der Waals surface area contributed by atoms with Gasteiger partial charge in [0.2, 0.25) is 0 Å². The zero-order valence-corrected chi connectivity index (χ0v) is 13.7. The first kappa shape index (κ1) is 17.5. The maximum Gasteiger partial charge on any atom is 0.313 e. The summed E-state index contributed by atoms with van der Waals surface area (Å²) in [7, 11) is 0. The van der Waals surface area contributed by atoms with Crippen molar-refractivity contribution in [3.8, 4) is 0 Å². The van der Waals surface area contributed by atoms with Crippen molar-refractivity contribution in [2.75, 3.05) is 6.61 Å². The molecule has 0 radical (unpaired) electrons. The molecule has 0 saturated heterocycles. The van der Waals surface area contributed by atoms with Crippen LogP contribution in [-0.2, 0) is 14.3 Å². The van der Waals surface area contributed by atoms with Gasteiger partial charge in [-0.15, -0.1) is 0 Å². The van der Waals surface area contributed by atoms with Crippen LogP contribution in [0.5, 0.6) is 0 Å². The van der Waals surface area contributed by atoms with Gasteiger partial charge in [-0.2, -0.15) is 0 Å². The SMILES string of the molecule is CCOC(=O)C(CCC[C@H]1CCCC1C(=O)O)c1ccccc1. The normalized spacial score (nSPS) is 21.8. The first-order valence-electron chi connectivity index (χ1n) is 8.57. The van der Waals surface area contributed by atoms with Crippen LogP contribution in [0.4, 0.5) is 0 Å². The van der Waals surface area contributed by atoms with Gasteiger partial charge in [0, 0.05) is 0 Å². The van der Waals surface area contributed by atoms with Crippen LogP contribution in [0.15, 0.2) is 30.3 Å². The van der Waals surface area contributed by atoms with Gasteiger partial charge in [0.05, 0.1) is 18.4 Å².